The molecule has 15 heavy (non-hydrogen) atoms. The van der Waals surface area contributed by atoms with Crippen LogP contribution in [0.15, 0.2) is 18.5 Å². The Bertz CT molecular complexity index is 365. The van der Waals surface area contributed by atoms with E-state index in [1.807, 2.05) is 0 Å². The highest BCUT2D eigenvalue weighted by atomic mass is 19.4. The van der Waals surface area contributed by atoms with Crippen molar-refractivity contribution in [3.8, 4) is 0 Å². The zero-order chi connectivity index (χ0) is 11.5. The normalized spacial score (nSPS) is 11.4. The topological polar surface area (TPSA) is 56.0 Å². The summed E-state index contributed by atoms with van der Waals surface area (Å²) in [5, 5.41) is 10.0. The molecule has 4 nitrogen and oxygen atoms in total. The zero-order valence-electron chi connectivity index (χ0n) is 7.49. The van der Waals surface area contributed by atoms with E-state index >= 15 is 0 Å². The average molecular weight is 220 g/mol. The molecule has 1 aromatic rings. The molecule has 0 spiro atoms. The monoisotopic (exact) mass is 220 g/mol. The van der Waals surface area contributed by atoms with E-state index in [2.05, 4.69) is 4.98 Å². The highest BCUT2D eigenvalue weighted by Crippen LogP contribution is 2.31. The minimum atomic E-state index is -4.49. The van der Waals surface area contributed by atoms with Gasteiger partial charge in [-0.05, 0) is 11.6 Å². The lowest BCUT2D eigenvalue weighted by atomic mass is 10.1. The molecule has 0 N–H and O–H groups in total. The Morgan fingerprint density at radius 2 is 2.13 bits per heavy atom. The van der Waals surface area contributed by atoms with Crippen LogP contribution in [0.2, 0.25) is 0 Å². The third-order valence-corrected chi connectivity index (χ3v) is 1.77. The first-order chi connectivity index (χ1) is 6.91. The number of aromatic nitrogens is 1. The highest BCUT2D eigenvalue weighted by molar-refractivity contribution is 5.26. The second-order valence-corrected chi connectivity index (χ2v) is 2.84. The molecule has 0 radical (unpaired) electrons. The Hall–Kier alpha value is -1.66. The van der Waals surface area contributed by atoms with Gasteiger partial charge in [-0.15, -0.1) is 0 Å². The maximum Gasteiger partial charge on any atom is 0.416 e. The summed E-state index contributed by atoms with van der Waals surface area (Å²) in [6, 6.07) is 0.815. The lowest BCUT2D eigenvalue weighted by Crippen LogP contribution is -2.12. The van der Waals surface area contributed by atoms with Crippen molar-refractivity contribution in [1.82, 2.24) is 4.98 Å². The molecule has 0 atom stereocenters. The molecule has 0 unspecified atom stereocenters. The van der Waals surface area contributed by atoms with E-state index < -0.39 is 23.2 Å². The van der Waals surface area contributed by atoms with Gasteiger partial charge in [-0.2, -0.15) is 13.2 Å². The van der Waals surface area contributed by atoms with Crippen molar-refractivity contribution in [2.24, 2.45) is 0 Å². The Labute approximate surface area is 82.9 Å². The molecule has 0 aliphatic heterocycles. The van der Waals surface area contributed by atoms with Gasteiger partial charge in [0.05, 0.1) is 5.56 Å². The SMILES string of the molecule is O=[N+]([O-])CCc1cnccc1C(F)(F)F. The molecule has 1 heterocycles. The molecular formula is C8H7F3N2O2. The summed E-state index contributed by atoms with van der Waals surface area (Å²) in [6.45, 7) is -0.533. The van der Waals surface area contributed by atoms with Gasteiger partial charge >= 0.3 is 6.18 Å². The number of nitrogens with zero attached hydrogens (tertiary/aromatic N) is 2. The molecule has 1 rings (SSSR count). The summed E-state index contributed by atoms with van der Waals surface area (Å²) < 4.78 is 37.1. The van der Waals surface area contributed by atoms with Crippen molar-refractivity contribution in [1.29, 1.82) is 0 Å². The quantitative estimate of drug-likeness (QED) is 0.577. The Balaban J connectivity index is 2.92. The maximum atomic E-state index is 12.4. The third kappa shape index (κ3) is 3.19. The summed E-state index contributed by atoms with van der Waals surface area (Å²) in [5.41, 5.74) is -1.01. The molecule has 0 aliphatic rings. The fourth-order valence-corrected chi connectivity index (χ4v) is 1.11. The first kappa shape index (κ1) is 11.4. The van der Waals surface area contributed by atoms with Crippen molar-refractivity contribution < 1.29 is 18.1 Å². The number of hydrogen-bond acceptors (Lipinski definition) is 3. The molecule has 1 aromatic heterocycles. The number of pyridine rings is 1. The first-order valence-electron chi connectivity index (χ1n) is 4.03. The smallest absolute Gasteiger partial charge is 0.265 e. The van der Waals surface area contributed by atoms with Crippen LogP contribution in [0.4, 0.5) is 13.2 Å². The molecule has 0 saturated heterocycles. The lowest BCUT2D eigenvalue weighted by molar-refractivity contribution is -0.479. The van der Waals surface area contributed by atoms with Crippen LogP contribution in [0, 0.1) is 10.1 Å². The van der Waals surface area contributed by atoms with E-state index in [4.69, 9.17) is 0 Å². The summed E-state index contributed by atoms with van der Waals surface area (Å²) in [5.74, 6) is 0. The summed E-state index contributed by atoms with van der Waals surface area (Å²) in [4.78, 5) is 12.9. The molecule has 0 bridgehead atoms. The largest absolute Gasteiger partial charge is 0.416 e. The molecule has 0 aliphatic carbocycles. The van der Waals surface area contributed by atoms with Gasteiger partial charge < -0.3 is 0 Å². The first-order valence-corrected chi connectivity index (χ1v) is 4.03. The lowest BCUT2D eigenvalue weighted by Gasteiger charge is -2.10. The Kier molecular flexibility index (Phi) is 3.23. The van der Waals surface area contributed by atoms with Crippen molar-refractivity contribution in [2.45, 2.75) is 12.6 Å². The number of hydrogen-bond donors (Lipinski definition) is 0. The van der Waals surface area contributed by atoms with Gasteiger partial charge in [0.15, 0.2) is 0 Å². The van der Waals surface area contributed by atoms with E-state index in [1.54, 1.807) is 0 Å². The second kappa shape index (κ2) is 4.24. The van der Waals surface area contributed by atoms with Crippen molar-refractivity contribution in [3.63, 3.8) is 0 Å². The number of rotatable bonds is 3. The number of nitro groups is 1. The van der Waals surface area contributed by atoms with Crippen molar-refractivity contribution in [2.75, 3.05) is 6.54 Å². The average Bonchev–Trinajstić information content (AvgIpc) is 2.13. The molecule has 0 aromatic carbocycles. The molecule has 82 valence electrons. The number of alkyl halides is 3. The van der Waals surface area contributed by atoms with E-state index in [9.17, 15) is 23.3 Å². The zero-order valence-corrected chi connectivity index (χ0v) is 7.49. The highest BCUT2D eigenvalue weighted by Gasteiger charge is 2.33. The standard InChI is InChI=1S/C8H7F3N2O2/c9-8(10,11)7-1-3-12-5-6(7)2-4-13(14)15/h1,3,5H,2,4H2. The van der Waals surface area contributed by atoms with Crippen LogP contribution in [0.3, 0.4) is 0 Å². The Morgan fingerprint density at radius 1 is 1.47 bits per heavy atom. The van der Waals surface area contributed by atoms with Crippen LogP contribution in [0.25, 0.3) is 0 Å². The van der Waals surface area contributed by atoms with Crippen LogP contribution < -0.4 is 0 Å². The summed E-state index contributed by atoms with van der Waals surface area (Å²) in [7, 11) is 0. The fraction of sp³-hybridized carbons (Fsp3) is 0.375. The number of halogens is 3. The van der Waals surface area contributed by atoms with E-state index in [-0.39, 0.29) is 12.0 Å². The second-order valence-electron chi connectivity index (χ2n) is 2.84. The Morgan fingerprint density at radius 3 is 2.67 bits per heavy atom. The van der Waals surface area contributed by atoms with Crippen LogP contribution in [0.5, 0.6) is 0 Å². The van der Waals surface area contributed by atoms with E-state index in [1.165, 1.54) is 0 Å². The predicted octanol–water partition coefficient (Wildman–Crippen LogP) is 1.92. The summed E-state index contributed by atoms with van der Waals surface area (Å²) in [6.07, 6.45) is -2.74. The molecule has 0 saturated carbocycles. The maximum absolute atomic E-state index is 12.4. The molecule has 0 fully saturated rings. The van der Waals surface area contributed by atoms with Crippen LogP contribution in [-0.4, -0.2) is 16.5 Å². The fourth-order valence-electron chi connectivity index (χ4n) is 1.11. The third-order valence-electron chi connectivity index (χ3n) is 1.77. The molecular weight excluding hydrogens is 213 g/mol. The summed E-state index contributed by atoms with van der Waals surface area (Å²) >= 11 is 0. The minimum absolute atomic E-state index is 0.151. The van der Waals surface area contributed by atoms with Gasteiger partial charge in [-0.3, -0.25) is 15.1 Å². The van der Waals surface area contributed by atoms with Gasteiger partial charge in [0.1, 0.15) is 0 Å². The van der Waals surface area contributed by atoms with Crippen LogP contribution in [0.1, 0.15) is 11.1 Å². The van der Waals surface area contributed by atoms with Gasteiger partial charge in [0.2, 0.25) is 6.54 Å². The van der Waals surface area contributed by atoms with E-state index in [0.29, 0.717) is 0 Å². The minimum Gasteiger partial charge on any atom is -0.265 e. The van der Waals surface area contributed by atoms with Crippen molar-refractivity contribution in [3.05, 3.63) is 39.7 Å². The van der Waals surface area contributed by atoms with Crippen LogP contribution >= 0.6 is 0 Å². The molecule has 0 amide bonds. The van der Waals surface area contributed by atoms with Gasteiger partial charge in [-0.25, -0.2) is 0 Å². The van der Waals surface area contributed by atoms with E-state index in [0.717, 1.165) is 18.5 Å². The van der Waals surface area contributed by atoms with Gasteiger partial charge in [0, 0.05) is 23.7 Å². The predicted molar refractivity (Wildman–Crippen MR) is 44.8 cm³/mol. The van der Waals surface area contributed by atoms with Crippen molar-refractivity contribution >= 4 is 0 Å². The van der Waals surface area contributed by atoms with Gasteiger partial charge in [0.25, 0.3) is 0 Å². The molecule has 7 heteroatoms. The van der Waals surface area contributed by atoms with Gasteiger partial charge in [-0.1, -0.05) is 0 Å². The van der Waals surface area contributed by atoms with Crippen LogP contribution in [-0.2, 0) is 12.6 Å².